The summed E-state index contributed by atoms with van der Waals surface area (Å²) in [5.74, 6) is 0.347. The number of anilines is 1. The molecule has 0 saturated carbocycles. The number of aromatic nitrogens is 1. The standard InChI is InChI=1S/C17H18N2O5S/c1-13-11-15(18-24-13)12-23-17(20)8-5-14-3-6-16(7-4-14)19-9-2-10-25(19,21)22/h3-8,11H,2,9-10,12H2,1H3/b8-5+. The summed E-state index contributed by atoms with van der Waals surface area (Å²) in [5.41, 5.74) is 1.96. The zero-order valence-electron chi connectivity index (χ0n) is 13.7. The number of hydrogen-bond acceptors (Lipinski definition) is 6. The molecule has 1 aliphatic heterocycles. The van der Waals surface area contributed by atoms with Crippen molar-refractivity contribution in [2.45, 2.75) is 20.0 Å². The third-order valence-corrected chi connectivity index (χ3v) is 5.60. The number of esters is 1. The summed E-state index contributed by atoms with van der Waals surface area (Å²) in [7, 11) is -3.18. The number of carbonyl (C=O) groups excluding carboxylic acids is 1. The van der Waals surface area contributed by atoms with Crippen molar-refractivity contribution in [3.63, 3.8) is 0 Å². The van der Waals surface area contributed by atoms with Gasteiger partial charge in [-0.05, 0) is 37.1 Å². The molecule has 7 nitrogen and oxygen atoms in total. The third-order valence-electron chi connectivity index (χ3n) is 3.73. The molecule has 8 heteroatoms. The molecular formula is C17H18N2O5S. The zero-order valence-corrected chi connectivity index (χ0v) is 14.5. The average molecular weight is 362 g/mol. The highest BCUT2D eigenvalue weighted by Crippen LogP contribution is 2.24. The minimum atomic E-state index is -3.18. The molecule has 1 aromatic carbocycles. The van der Waals surface area contributed by atoms with Crippen LogP contribution in [0.4, 0.5) is 5.69 Å². The molecule has 2 heterocycles. The molecule has 0 atom stereocenters. The SMILES string of the molecule is Cc1cc(COC(=O)/C=C/c2ccc(N3CCCS3(=O)=O)cc2)no1. The van der Waals surface area contributed by atoms with E-state index >= 15 is 0 Å². The molecule has 0 unspecified atom stereocenters. The van der Waals surface area contributed by atoms with E-state index in [2.05, 4.69) is 5.16 Å². The quantitative estimate of drug-likeness (QED) is 0.599. The van der Waals surface area contributed by atoms with E-state index in [9.17, 15) is 13.2 Å². The molecule has 1 aliphatic rings. The number of nitrogens with zero attached hydrogens (tertiary/aromatic N) is 2. The van der Waals surface area contributed by atoms with E-state index in [1.54, 1.807) is 43.3 Å². The van der Waals surface area contributed by atoms with Crippen LogP contribution in [0.3, 0.4) is 0 Å². The van der Waals surface area contributed by atoms with Crippen LogP contribution in [0.2, 0.25) is 0 Å². The van der Waals surface area contributed by atoms with Crippen LogP contribution in [-0.4, -0.2) is 31.8 Å². The molecule has 1 saturated heterocycles. The van der Waals surface area contributed by atoms with Crippen molar-refractivity contribution in [2.24, 2.45) is 0 Å². The van der Waals surface area contributed by atoms with Crippen LogP contribution in [0, 0.1) is 6.92 Å². The molecule has 0 aliphatic carbocycles. The van der Waals surface area contributed by atoms with Gasteiger partial charge in [0.1, 0.15) is 18.1 Å². The van der Waals surface area contributed by atoms with Crippen molar-refractivity contribution in [1.82, 2.24) is 5.16 Å². The van der Waals surface area contributed by atoms with Crippen LogP contribution in [0.1, 0.15) is 23.4 Å². The topological polar surface area (TPSA) is 89.7 Å². The van der Waals surface area contributed by atoms with E-state index in [1.807, 2.05) is 0 Å². The third kappa shape index (κ3) is 4.27. The lowest BCUT2D eigenvalue weighted by molar-refractivity contribution is -0.139. The zero-order chi connectivity index (χ0) is 17.9. The monoisotopic (exact) mass is 362 g/mol. The van der Waals surface area contributed by atoms with Crippen LogP contribution in [0.5, 0.6) is 0 Å². The van der Waals surface area contributed by atoms with E-state index in [0.29, 0.717) is 30.1 Å². The van der Waals surface area contributed by atoms with Gasteiger partial charge in [-0.15, -0.1) is 0 Å². The summed E-state index contributed by atoms with van der Waals surface area (Å²) >= 11 is 0. The van der Waals surface area contributed by atoms with Gasteiger partial charge in [0.25, 0.3) is 0 Å². The number of carbonyl (C=O) groups is 1. The van der Waals surface area contributed by atoms with Gasteiger partial charge in [-0.1, -0.05) is 17.3 Å². The molecule has 2 aromatic rings. The van der Waals surface area contributed by atoms with Gasteiger partial charge in [-0.3, -0.25) is 4.31 Å². The molecule has 1 aromatic heterocycles. The van der Waals surface area contributed by atoms with Crippen LogP contribution < -0.4 is 4.31 Å². The smallest absolute Gasteiger partial charge is 0.331 e. The Kier molecular flexibility index (Phi) is 4.89. The molecule has 0 spiro atoms. The fourth-order valence-electron chi connectivity index (χ4n) is 2.52. The summed E-state index contributed by atoms with van der Waals surface area (Å²) in [6.45, 7) is 2.31. The Balaban J connectivity index is 1.57. The van der Waals surface area contributed by atoms with Crippen molar-refractivity contribution >= 4 is 27.8 Å². The van der Waals surface area contributed by atoms with Gasteiger partial charge in [-0.2, -0.15) is 0 Å². The first-order chi connectivity index (χ1) is 11.9. The summed E-state index contributed by atoms with van der Waals surface area (Å²) in [6, 6.07) is 8.67. The van der Waals surface area contributed by atoms with Crippen LogP contribution >= 0.6 is 0 Å². The second kappa shape index (κ2) is 7.10. The lowest BCUT2D eigenvalue weighted by Gasteiger charge is -2.16. The lowest BCUT2D eigenvalue weighted by Crippen LogP contribution is -2.24. The molecule has 0 amide bonds. The Bertz CT molecular complexity index is 884. The number of rotatable bonds is 5. The molecule has 0 bridgehead atoms. The van der Waals surface area contributed by atoms with Gasteiger partial charge < -0.3 is 9.26 Å². The Labute approximate surface area is 145 Å². The number of sulfonamides is 1. The average Bonchev–Trinajstić information content (AvgIpc) is 3.16. The molecule has 1 fully saturated rings. The molecule has 0 radical (unpaired) electrons. The highest BCUT2D eigenvalue weighted by atomic mass is 32.2. The van der Waals surface area contributed by atoms with Gasteiger partial charge in [-0.25, -0.2) is 13.2 Å². The maximum atomic E-state index is 11.9. The maximum Gasteiger partial charge on any atom is 0.331 e. The number of hydrogen-bond donors (Lipinski definition) is 0. The van der Waals surface area contributed by atoms with Gasteiger partial charge >= 0.3 is 5.97 Å². The first kappa shape index (κ1) is 17.2. The lowest BCUT2D eigenvalue weighted by atomic mass is 10.2. The molecule has 25 heavy (non-hydrogen) atoms. The second-order valence-electron chi connectivity index (χ2n) is 5.70. The molecule has 132 valence electrons. The summed E-state index contributed by atoms with van der Waals surface area (Å²) in [5, 5.41) is 3.74. The summed E-state index contributed by atoms with van der Waals surface area (Å²) in [4.78, 5) is 11.7. The highest BCUT2D eigenvalue weighted by Gasteiger charge is 2.28. The number of ether oxygens (including phenoxy) is 1. The minimum absolute atomic E-state index is 0.0479. The molecular weight excluding hydrogens is 344 g/mol. The first-order valence-electron chi connectivity index (χ1n) is 7.81. The molecule has 0 N–H and O–H groups in total. The van der Waals surface area contributed by atoms with Gasteiger partial charge in [0.15, 0.2) is 0 Å². The maximum absolute atomic E-state index is 11.9. The van der Waals surface area contributed by atoms with E-state index in [0.717, 1.165) is 5.56 Å². The van der Waals surface area contributed by atoms with E-state index in [-0.39, 0.29) is 12.4 Å². The largest absolute Gasteiger partial charge is 0.456 e. The Morgan fingerprint density at radius 2 is 2.12 bits per heavy atom. The van der Waals surface area contributed by atoms with Crippen molar-refractivity contribution < 1.29 is 22.5 Å². The normalized spacial score (nSPS) is 16.4. The van der Waals surface area contributed by atoms with Crippen molar-refractivity contribution in [2.75, 3.05) is 16.6 Å². The second-order valence-corrected chi connectivity index (χ2v) is 7.72. The Morgan fingerprint density at radius 1 is 1.36 bits per heavy atom. The predicted octanol–water partition coefficient (Wildman–Crippen LogP) is 2.28. The van der Waals surface area contributed by atoms with Crippen LogP contribution in [-0.2, 0) is 26.2 Å². The van der Waals surface area contributed by atoms with E-state index in [4.69, 9.17) is 9.26 Å². The van der Waals surface area contributed by atoms with Crippen LogP contribution in [0.15, 0.2) is 40.9 Å². The molecule has 3 rings (SSSR count). The fraction of sp³-hybridized carbons (Fsp3) is 0.294. The number of benzene rings is 1. The Hall–Kier alpha value is -2.61. The van der Waals surface area contributed by atoms with Gasteiger partial charge in [0, 0.05) is 18.7 Å². The summed E-state index contributed by atoms with van der Waals surface area (Å²) < 4.78 is 35.1. The van der Waals surface area contributed by atoms with Crippen LogP contribution in [0.25, 0.3) is 6.08 Å². The first-order valence-corrected chi connectivity index (χ1v) is 9.42. The Morgan fingerprint density at radius 3 is 2.72 bits per heavy atom. The number of aryl methyl sites for hydroxylation is 1. The van der Waals surface area contributed by atoms with Crippen molar-refractivity contribution in [1.29, 1.82) is 0 Å². The minimum Gasteiger partial charge on any atom is -0.456 e. The fourth-order valence-corrected chi connectivity index (χ4v) is 4.09. The van der Waals surface area contributed by atoms with Crippen molar-refractivity contribution in [3.8, 4) is 0 Å². The highest BCUT2D eigenvalue weighted by molar-refractivity contribution is 7.93. The van der Waals surface area contributed by atoms with Crippen molar-refractivity contribution in [3.05, 3.63) is 53.4 Å². The van der Waals surface area contributed by atoms with Gasteiger partial charge in [0.05, 0.1) is 11.4 Å². The van der Waals surface area contributed by atoms with Gasteiger partial charge in [0.2, 0.25) is 10.0 Å². The van der Waals surface area contributed by atoms with E-state index in [1.165, 1.54) is 10.4 Å². The predicted molar refractivity (Wildman–Crippen MR) is 92.3 cm³/mol. The summed E-state index contributed by atoms with van der Waals surface area (Å²) in [6.07, 6.45) is 3.56. The van der Waals surface area contributed by atoms with E-state index < -0.39 is 16.0 Å².